The van der Waals surface area contributed by atoms with Gasteiger partial charge in [0.25, 0.3) is 0 Å². The van der Waals surface area contributed by atoms with Crippen LogP contribution in [0.3, 0.4) is 0 Å². The van der Waals surface area contributed by atoms with Gasteiger partial charge in [-0.05, 0) is 6.92 Å². The van der Waals surface area contributed by atoms with E-state index in [0.717, 1.165) is 0 Å². The molecule has 0 atom stereocenters. The lowest BCUT2D eigenvalue weighted by Gasteiger charge is -2.22. The Morgan fingerprint density at radius 3 is 2.33 bits per heavy atom. The molecule has 0 radical (unpaired) electrons. The van der Waals surface area contributed by atoms with Gasteiger partial charge in [0.2, 0.25) is 6.08 Å². The van der Waals surface area contributed by atoms with Crippen LogP contribution in [0.15, 0.2) is 4.99 Å². The maximum absolute atomic E-state index is 9.85. The van der Waals surface area contributed by atoms with E-state index in [1.807, 2.05) is 6.92 Å². The second-order valence-corrected chi connectivity index (χ2v) is 4.72. The minimum atomic E-state index is -2.69. The molecule has 0 N–H and O–H groups in total. The van der Waals surface area contributed by atoms with Crippen molar-refractivity contribution in [1.29, 1.82) is 0 Å². The molecule has 0 unspecified atom stereocenters. The fourth-order valence-electron chi connectivity index (χ4n) is 0.725. The molecule has 5 nitrogen and oxygen atoms in total. The van der Waals surface area contributed by atoms with Crippen molar-refractivity contribution in [1.82, 2.24) is 0 Å². The first-order valence-electron chi connectivity index (χ1n) is 3.52. The van der Waals surface area contributed by atoms with Crippen LogP contribution >= 0.6 is 0 Å². The van der Waals surface area contributed by atoms with Crippen molar-refractivity contribution in [3.63, 3.8) is 0 Å². The fourth-order valence-corrected chi connectivity index (χ4v) is 2.17. The Bertz CT molecular complexity index is 165. The predicted octanol–water partition coefficient (Wildman–Crippen LogP) is 0.130. The molecule has 0 amide bonds. The van der Waals surface area contributed by atoms with Crippen LogP contribution in [0, 0.1) is 0 Å². The number of hydrogen-bond acceptors (Lipinski definition) is 5. The van der Waals surface area contributed by atoms with Gasteiger partial charge < -0.3 is 13.3 Å². The molecule has 0 aromatic heterocycles. The summed E-state index contributed by atoms with van der Waals surface area (Å²) in [6, 6.07) is 0. The van der Waals surface area contributed by atoms with Crippen LogP contribution in [-0.2, 0) is 18.1 Å². The minimum Gasteiger partial charge on any atom is -0.376 e. The second kappa shape index (κ2) is 6.04. The van der Waals surface area contributed by atoms with E-state index in [-0.39, 0.29) is 6.17 Å². The lowest BCUT2D eigenvalue weighted by Crippen LogP contribution is -2.47. The molecule has 0 aliphatic heterocycles. The topological polar surface area (TPSA) is 57.1 Å². The smallest absolute Gasteiger partial charge is 0.376 e. The normalized spacial score (nSPS) is 10.9. The van der Waals surface area contributed by atoms with Gasteiger partial charge in [0, 0.05) is 20.8 Å². The molecule has 0 saturated carbocycles. The van der Waals surface area contributed by atoms with E-state index in [9.17, 15) is 4.79 Å². The highest BCUT2D eigenvalue weighted by Crippen LogP contribution is 2.06. The number of isocyanates is 1. The van der Waals surface area contributed by atoms with E-state index in [4.69, 9.17) is 13.3 Å². The molecule has 0 heterocycles. The van der Waals surface area contributed by atoms with E-state index in [1.54, 1.807) is 0 Å². The zero-order valence-electron chi connectivity index (χ0n) is 7.49. The molecule has 70 valence electrons. The van der Waals surface area contributed by atoms with E-state index in [0.29, 0.717) is 6.61 Å². The van der Waals surface area contributed by atoms with Crippen LogP contribution < -0.4 is 0 Å². The maximum Gasteiger partial charge on any atom is 0.523 e. The average Bonchev–Trinajstić information content (AvgIpc) is 2.13. The van der Waals surface area contributed by atoms with Crippen molar-refractivity contribution in [2.24, 2.45) is 4.99 Å². The first-order chi connectivity index (χ1) is 5.74. The Labute approximate surface area is 72.7 Å². The fraction of sp³-hybridized carbons (Fsp3) is 0.833. The molecule has 0 bridgehead atoms. The third-order valence-electron chi connectivity index (χ3n) is 1.32. The Morgan fingerprint density at radius 2 is 2.00 bits per heavy atom. The number of aliphatic imine (C=N–C) groups is 1. The monoisotopic (exact) mass is 191 g/mol. The number of rotatable bonds is 6. The largest absolute Gasteiger partial charge is 0.523 e. The number of carbonyl (C=O) groups excluding carboxylic acids is 1. The van der Waals surface area contributed by atoms with Crippen LogP contribution in [0.4, 0.5) is 0 Å². The van der Waals surface area contributed by atoms with Crippen molar-refractivity contribution < 1.29 is 18.1 Å². The van der Waals surface area contributed by atoms with Gasteiger partial charge >= 0.3 is 8.80 Å². The minimum absolute atomic E-state index is 0.122. The summed E-state index contributed by atoms with van der Waals surface area (Å²) < 4.78 is 15.4. The third-order valence-corrected chi connectivity index (χ3v) is 3.84. The van der Waals surface area contributed by atoms with Gasteiger partial charge in [0.05, 0.1) is 0 Å². The summed E-state index contributed by atoms with van der Waals surface area (Å²) in [5.41, 5.74) is 0. The van der Waals surface area contributed by atoms with Gasteiger partial charge in [0.15, 0.2) is 0 Å². The van der Waals surface area contributed by atoms with Crippen molar-refractivity contribution in [2.75, 3.05) is 27.0 Å². The van der Waals surface area contributed by atoms with E-state index >= 15 is 0 Å². The molecule has 0 fully saturated rings. The van der Waals surface area contributed by atoms with E-state index in [2.05, 4.69) is 4.99 Å². The zero-order valence-corrected chi connectivity index (χ0v) is 8.49. The van der Waals surface area contributed by atoms with Gasteiger partial charge in [-0.3, -0.25) is 0 Å². The molecule has 0 aliphatic carbocycles. The summed E-state index contributed by atoms with van der Waals surface area (Å²) in [5.74, 6) is 0. The number of hydrogen-bond donors (Lipinski definition) is 0. The quantitative estimate of drug-likeness (QED) is 0.340. The lowest BCUT2D eigenvalue weighted by atomic mass is 10.9. The summed E-state index contributed by atoms with van der Waals surface area (Å²) in [6.45, 7) is 2.30. The Balaban J connectivity index is 4.22. The molecule has 0 aromatic rings. The first-order valence-corrected chi connectivity index (χ1v) is 5.45. The van der Waals surface area contributed by atoms with Gasteiger partial charge in [-0.25, -0.2) is 9.79 Å². The van der Waals surface area contributed by atoms with Crippen LogP contribution in [0.25, 0.3) is 0 Å². The van der Waals surface area contributed by atoms with Crippen molar-refractivity contribution in [2.45, 2.75) is 6.92 Å². The summed E-state index contributed by atoms with van der Waals surface area (Å²) >= 11 is 0. The SMILES string of the molecule is CCO[Si](CN=C=O)(OC)OC. The van der Waals surface area contributed by atoms with Crippen LogP contribution in [0.5, 0.6) is 0 Å². The van der Waals surface area contributed by atoms with E-state index < -0.39 is 8.80 Å². The highest BCUT2D eigenvalue weighted by molar-refractivity contribution is 6.60. The zero-order chi connectivity index (χ0) is 9.45. The molecular formula is C6H13NO4Si. The lowest BCUT2D eigenvalue weighted by molar-refractivity contribution is 0.106. The maximum atomic E-state index is 9.85. The standard InChI is InChI=1S/C6H13NO4Si/c1-4-11-12(9-2,10-3)6-7-5-8/h4,6H2,1-3H3. The molecule has 0 saturated heterocycles. The van der Waals surface area contributed by atoms with Crippen molar-refractivity contribution >= 4 is 14.9 Å². The summed E-state index contributed by atoms with van der Waals surface area (Å²) in [7, 11) is 0.262. The second-order valence-electron chi connectivity index (χ2n) is 1.93. The average molecular weight is 191 g/mol. The predicted molar refractivity (Wildman–Crippen MR) is 44.4 cm³/mol. The number of nitrogens with zero attached hydrogens (tertiary/aromatic N) is 1. The van der Waals surface area contributed by atoms with Crippen LogP contribution in [-0.4, -0.2) is 41.9 Å². The molecule has 0 aromatic carbocycles. The highest BCUT2D eigenvalue weighted by Gasteiger charge is 2.38. The summed E-state index contributed by atoms with van der Waals surface area (Å²) in [4.78, 5) is 13.2. The van der Waals surface area contributed by atoms with Crippen molar-refractivity contribution in [3.8, 4) is 0 Å². The highest BCUT2D eigenvalue weighted by atomic mass is 28.4. The molecular weight excluding hydrogens is 178 g/mol. The van der Waals surface area contributed by atoms with Crippen LogP contribution in [0.2, 0.25) is 0 Å². The molecule has 6 heteroatoms. The molecule has 0 aliphatic rings. The molecule has 0 spiro atoms. The van der Waals surface area contributed by atoms with E-state index in [1.165, 1.54) is 20.3 Å². The Morgan fingerprint density at radius 1 is 1.42 bits per heavy atom. The Hall–Kier alpha value is -0.523. The van der Waals surface area contributed by atoms with Gasteiger partial charge in [-0.15, -0.1) is 0 Å². The summed E-state index contributed by atoms with van der Waals surface area (Å²) in [6.07, 6.45) is 1.54. The van der Waals surface area contributed by atoms with Crippen molar-refractivity contribution in [3.05, 3.63) is 0 Å². The van der Waals surface area contributed by atoms with Gasteiger partial charge in [-0.1, -0.05) is 0 Å². The molecule has 0 rings (SSSR count). The van der Waals surface area contributed by atoms with Gasteiger partial charge in [0.1, 0.15) is 6.17 Å². The van der Waals surface area contributed by atoms with Gasteiger partial charge in [-0.2, -0.15) is 0 Å². The molecule has 12 heavy (non-hydrogen) atoms. The van der Waals surface area contributed by atoms with Crippen LogP contribution in [0.1, 0.15) is 6.92 Å². The first kappa shape index (κ1) is 11.5. The Kier molecular flexibility index (Phi) is 5.78. The third kappa shape index (κ3) is 3.25. The summed E-state index contributed by atoms with van der Waals surface area (Å²) in [5, 5.41) is 0.